The van der Waals surface area contributed by atoms with Gasteiger partial charge in [-0.3, -0.25) is 14.4 Å². The molecule has 7 heteroatoms. The molecule has 0 spiro atoms. The van der Waals surface area contributed by atoms with Gasteiger partial charge in [-0.05, 0) is 75.9 Å². The van der Waals surface area contributed by atoms with Gasteiger partial charge >= 0.3 is 0 Å². The Bertz CT molecular complexity index is 1050. The highest BCUT2D eigenvalue weighted by Gasteiger charge is 2.33. The lowest BCUT2D eigenvalue weighted by Gasteiger charge is -2.40. The van der Waals surface area contributed by atoms with Crippen LogP contribution < -0.4 is 0 Å². The van der Waals surface area contributed by atoms with Crippen molar-refractivity contribution in [2.45, 2.75) is 52.2 Å². The molecule has 0 aliphatic carbocycles. The van der Waals surface area contributed by atoms with E-state index in [0.717, 1.165) is 61.7 Å². The number of likely N-dealkylation sites (N-methyl/N-ethyl adjacent to an activating group) is 1. The van der Waals surface area contributed by atoms with Gasteiger partial charge in [-0.1, -0.05) is 29.8 Å². The number of furan rings is 1. The number of nitrogens with zero attached hydrogens (tertiary/aromatic N) is 4. The van der Waals surface area contributed by atoms with E-state index in [1.165, 1.54) is 5.56 Å². The van der Waals surface area contributed by atoms with Crippen molar-refractivity contribution in [2.24, 2.45) is 5.92 Å². The van der Waals surface area contributed by atoms with Gasteiger partial charge in [0.2, 0.25) is 0 Å². The molecule has 0 bridgehead atoms. The fourth-order valence-electron chi connectivity index (χ4n) is 4.85. The monoisotopic (exact) mass is 468 g/mol. The Morgan fingerprint density at radius 1 is 1.21 bits per heavy atom. The fourth-order valence-corrected chi connectivity index (χ4v) is 5.06. The number of likely N-dealkylation sites (tertiary alicyclic amines) is 1. The molecule has 1 atom stereocenters. The maximum atomic E-state index is 13.1. The predicted octanol–water partition coefficient (Wildman–Crippen LogP) is 5.05. The maximum absolute atomic E-state index is 13.1. The van der Waals surface area contributed by atoms with E-state index in [4.69, 9.17) is 16.0 Å². The number of carbonyl (C=O) groups is 1. The average molecular weight is 469 g/mol. The van der Waals surface area contributed by atoms with E-state index in [-0.39, 0.29) is 11.9 Å². The molecular formula is C26H33ClN4O2. The lowest BCUT2D eigenvalue weighted by Crippen LogP contribution is -2.47. The summed E-state index contributed by atoms with van der Waals surface area (Å²) in [5, 5.41) is 5.34. The quantitative estimate of drug-likeness (QED) is 0.464. The van der Waals surface area contributed by atoms with E-state index in [2.05, 4.69) is 36.1 Å². The van der Waals surface area contributed by atoms with E-state index in [0.29, 0.717) is 11.7 Å². The summed E-state index contributed by atoms with van der Waals surface area (Å²) in [6.45, 7) is 8.02. The first kappa shape index (κ1) is 23.6. The third-order valence-corrected chi connectivity index (χ3v) is 7.25. The highest BCUT2D eigenvalue weighted by atomic mass is 35.5. The molecule has 4 rings (SSSR count). The topological polar surface area (TPSA) is 54.5 Å². The Hall–Kier alpha value is -2.57. The summed E-state index contributed by atoms with van der Waals surface area (Å²) in [5.41, 5.74) is 3.49. The van der Waals surface area contributed by atoms with E-state index in [1.54, 1.807) is 18.4 Å². The maximum Gasteiger partial charge on any atom is 0.289 e. The van der Waals surface area contributed by atoms with Crippen LogP contribution in [0.4, 0.5) is 0 Å². The molecule has 6 nitrogen and oxygen atoms in total. The lowest BCUT2D eigenvalue weighted by atomic mass is 9.84. The summed E-state index contributed by atoms with van der Waals surface area (Å²) in [6.07, 6.45) is 6.51. The zero-order chi connectivity index (χ0) is 23.4. The molecular weight excluding hydrogens is 436 g/mol. The van der Waals surface area contributed by atoms with Crippen molar-refractivity contribution in [1.29, 1.82) is 0 Å². The molecule has 1 unspecified atom stereocenters. The van der Waals surface area contributed by atoms with Gasteiger partial charge in [-0.2, -0.15) is 5.10 Å². The summed E-state index contributed by atoms with van der Waals surface area (Å²) in [4.78, 5) is 17.5. The zero-order valence-electron chi connectivity index (χ0n) is 19.7. The second kappa shape index (κ2) is 10.6. The van der Waals surface area contributed by atoms with E-state index < -0.39 is 0 Å². The molecule has 176 valence electrons. The van der Waals surface area contributed by atoms with Crippen LogP contribution in [0.25, 0.3) is 0 Å². The Labute approximate surface area is 201 Å². The van der Waals surface area contributed by atoms with Gasteiger partial charge in [-0.15, -0.1) is 0 Å². The van der Waals surface area contributed by atoms with Crippen LogP contribution in [0.2, 0.25) is 5.02 Å². The van der Waals surface area contributed by atoms with Crippen molar-refractivity contribution in [2.75, 3.05) is 20.1 Å². The molecule has 1 amide bonds. The summed E-state index contributed by atoms with van der Waals surface area (Å²) < 4.78 is 7.41. The minimum Gasteiger partial charge on any atom is -0.459 e. The third kappa shape index (κ3) is 5.50. The van der Waals surface area contributed by atoms with Crippen molar-refractivity contribution in [3.05, 3.63) is 76.5 Å². The number of hydrogen-bond acceptors (Lipinski definition) is 4. The number of benzene rings is 1. The van der Waals surface area contributed by atoms with Gasteiger partial charge in [0.1, 0.15) is 0 Å². The molecule has 2 aromatic heterocycles. The third-order valence-electron chi connectivity index (χ3n) is 6.88. The molecule has 1 aliphatic rings. The van der Waals surface area contributed by atoms with Crippen LogP contribution in [0.15, 0.2) is 53.3 Å². The van der Waals surface area contributed by atoms with Gasteiger partial charge in [0.25, 0.3) is 5.91 Å². The van der Waals surface area contributed by atoms with Gasteiger partial charge < -0.3 is 9.32 Å². The molecule has 1 aromatic carbocycles. The van der Waals surface area contributed by atoms with Gasteiger partial charge in [0.05, 0.1) is 12.0 Å². The SMILES string of the molecule is CCn1cc(CN2CCC(C(Cc3ccccc3Cl)N(C)C(=O)c3ccco3)CC2)c(C)n1. The van der Waals surface area contributed by atoms with E-state index in [1.807, 2.05) is 34.8 Å². The molecule has 3 aromatic rings. The number of carbonyl (C=O) groups excluding carboxylic acids is 1. The summed E-state index contributed by atoms with van der Waals surface area (Å²) in [5.74, 6) is 0.686. The smallest absolute Gasteiger partial charge is 0.289 e. The molecule has 0 saturated carbocycles. The molecule has 0 radical (unpaired) electrons. The minimum absolute atomic E-state index is 0.0502. The standard InChI is InChI=1S/C26H33ClN4O2/c1-4-31-18-22(19(2)28-31)17-30-13-11-20(12-14-30)24(16-21-8-5-6-9-23(21)27)29(3)26(32)25-10-7-15-33-25/h5-10,15,18,20,24H,4,11-14,16-17H2,1-3H3. The number of aromatic nitrogens is 2. The molecule has 3 heterocycles. The van der Waals surface area contributed by atoms with Gasteiger partial charge in [0.15, 0.2) is 5.76 Å². The Kier molecular flexibility index (Phi) is 7.56. The highest BCUT2D eigenvalue weighted by molar-refractivity contribution is 6.31. The first-order valence-electron chi connectivity index (χ1n) is 11.8. The average Bonchev–Trinajstić information content (AvgIpc) is 3.48. The van der Waals surface area contributed by atoms with Gasteiger partial charge in [0, 0.05) is 43.0 Å². The molecule has 1 fully saturated rings. The van der Waals surface area contributed by atoms with Crippen LogP contribution in [0.3, 0.4) is 0 Å². The Balaban J connectivity index is 1.47. The minimum atomic E-state index is -0.0814. The number of amides is 1. The number of rotatable bonds is 8. The zero-order valence-corrected chi connectivity index (χ0v) is 20.5. The van der Waals surface area contributed by atoms with Crippen molar-refractivity contribution in [1.82, 2.24) is 19.6 Å². The summed E-state index contributed by atoms with van der Waals surface area (Å²) in [7, 11) is 1.89. The molecule has 1 saturated heterocycles. The van der Waals surface area contributed by atoms with E-state index in [9.17, 15) is 4.79 Å². The van der Waals surface area contributed by atoms with Crippen LogP contribution in [0.1, 0.15) is 47.1 Å². The molecule has 0 N–H and O–H groups in total. The van der Waals surface area contributed by atoms with Crippen molar-refractivity contribution in [3.8, 4) is 0 Å². The normalized spacial score (nSPS) is 16.1. The number of piperidine rings is 1. The van der Waals surface area contributed by atoms with Crippen LogP contribution >= 0.6 is 11.6 Å². The van der Waals surface area contributed by atoms with Crippen LogP contribution in [0.5, 0.6) is 0 Å². The van der Waals surface area contributed by atoms with Crippen LogP contribution in [-0.4, -0.2) is 51.7 Å². The van der Waals surface area contributed by atoms with Gasteiger partial charge in [-0.25, -0.2) is 0 Å². The number of halogens is 1. The predicted molar refractivity (Wildman–Crippen MR) is 130 cm³/mol. The van der Waals surface area contributed by atoms with Crippen LogP contribution in [0, 0.1) is 12.8 Å². The summed E-state index contributed by atoms with van der Waals surface area (Å²) in [6, 6.07) is 11.5. The van der Waals surface area contributed by atoms with Crippen molar-refractivity contribution >= 4 is 17.5 Å². The fraction of sp³-hybridized carbons (Fsp3) is 0.462. The largest absolute Gasteiger partial charge is 0.459 e. The number of hydrogen-bond donors (Lipinski definition) is 0. The first-order valence-corrected chi connectivity index (χ1v) is 12.1. The van der Waals surface area contributed by atoms with Crippen molar-refractivity contribution in [3.63, 3.8) is 0 Å². The highest BCUT2D eigenvalue weighted by Crippen LogP contribution is 2.30. The lowest BCUT2D eigenvalue weighted by molar-refractivity contribution is 0.0556. The van der Waals surface area contributed by atoms with Crippen molar-refractivity contribution < 1.29 is 9.21 Å². The Morgan fingerprint density at radius 2 is 1.97 bits per heavy atom. The molecule has 1 aliphatic heterocycles. The second-order valence-electron chi connectivity index (χ2n) is 8.97. The second-order valence-corrected chi connectivity index (χ2v) is 9.37. The van der Waals surface area contributed by atoms with E-state index >= 15 is 0 Å². The van der Waals surface area contributed by atoms with Crippen LogP contribution in [-0.2, 0) is 19.5 Å². The summed E-state index contributed by atoms with van der Waals surface area (Å²) >= 11 is 6.50. The Morgan fingerprint density at radius 3 is 2.61 bits per heavy atom. The number of aryl methyl sites for hydroxylation is 2. The molecule has 33 heavy (non-hydrogen) atoms. The first-order chi connectivity index (χ1) is 16.0.